The Bertz CT molecular complexity index is 663. The maximum Gasteiger partial charge on any atom is 0.326 e. The van der Waals surface area contributed by atoms with E-state index in [0.29, 0.717) is 5.65 Å². The largest absolute Gasteiger partial charge is 0.480 e. The summed E-state index contributed by atoms with van der Waals surface area (Å²) in [6.45, 7) is 3.58. The minimum absolute atomic E-state index is 0.117. The molecule has 100 valence electrons. The Kier molecular flexibility index (Phi) is 3.50. The third-order valence-corrected chi connectivity index (χ3v) is 2.81. The van der Waals surface area contributed by atoms with E-state index in [1.807, 2.05) is 0 Å². The van der Waals surface area contributed by atoms with Crippen LogP contribution in [-0.4, -0.2) is 26.5 Å². The molecule has 0 spiro atoms. The topological polar surface area (TPSA) is 83.7 Å². The molecule has 1 atom stereocenters. The summed E-state index contributed by atoms with van der Waals surface area (Å²) in [6.07, 6.45) is 1.62. The molecule has 2 aromatic rings. The molecule has 0 aliphatic carbocycles. The predicted octanol–water partition coefficient (Wildman–Crippen LogP) is 1.22. The zero-order valence-electron chi connectivity index (χ0n) is 10.7. The van der Waals surface area contributed by atoms with Gasteiger partial charge in [-0.1, -0.05) is 19.9 Å². The number of carbonyl (C=O) groups is 1. The van der Waals surface area contributed by atoms with Crippen LogP contribution in [0.15, 0.2) is 35.3 Å². The van der Waals surface area contributed by atoms with Crippen molar-refractivity contribution in [3.63, 3.8) is 0 Å². The fourth-order valence-electron chi connectivity index (χ4n) is 1.80. The number of pyridine rings is 1. The first-order valence-corrected chi connectivity index (χ1v) is 5.97. The fraction of sp³-hybridized carbons (Fsp3) is 0.308. The van der Waals surface area contributed by atoms with Gasteiger partial charge in [0.15, 0.2) is 0 Å². The normalized spacial score (nSPS) is 12.6. The molecule has 0 aliphatic heterocycles. The lowest BCUT2D eigenvalue weighted by Gasteiger charge is -2.18. The van der Waals surface area contributed by atoms with Gasteiger partial charge in [0.2, 0.25) is 0 Å². The molecule has 0 fully saturated rings. The molecule has 2 heterocycles. The van der Waals surface area contributed by atoms with Gasteiger partial charge in [-0.15, -0.1) is 0 Å². The Morgan fingerprint density at radius 2 is 2.16 bits per heavy atom. The van der Waals surface area contributed by atoms with Crippen molar-refractivity contribution in [3.8, 4) is 0 Å². The maximum absolute atomic E-state index is 11.9. The number of nitrogens with one attached hydrogen (secondary N) is 1. The van der Waals surface area contributed by atoms with Crippen LogP contribution in [0.4, 0.5) is 5.82 Å². The van der Waals surface area contributed by atoms with Gasteiger partial charge in [0, 0.05) is 12.3 Å². The van der Waals surface area contributed by atoms with Crippen molar-refractivity contribution in [2.75, 3.05) is 5.32 Å². The average Bonchev–Trinajstić information content (AvgIpc) is 2.35. The van der Waals surface area contributed by atoms with Gasteiger partial charge < -0.3 is 10.4 Å². The molecule has 0 amide bonds. The Morgan fingerprint density at radius 1 is 1.42 bits per heavy atom. The van der Waals surface area contributed by atoms with Gasteiger partial charge in [-0.3, -0.25) is 9.20 Å². The monoisotopic (exact) mass is 261 g/mol. The Labute approximate surface area is 109 Å². The van der Waals surface area contributed by atoms with Crippen LogP contribution in [0.3, 0.4) is 0 Å². The third-order valence-electron chi connectivity index (χ3n) is 2.81. The van der Waals surface area contributed by atoms with Crippen molar-refractivity contribution < 1.29 is 9.90 Å². The van der Waals surface area contributed by atoms with Crippen LogP contribution in [0.25, 0.3) is 5.65 Å². The molecule has 0 radical (unpaired) electrons. The smallest absolute Gasteiger partial charge is 0.326 e. The van der Waals surface area contributed by atoms with Crippen molar-refractivity contribution in [2.45, 2.75) is 19.9 Å². The van der Waals surface area contributed by atoms with Crippen molar-refractivity contribution in [3.05, 3.63) is 40.8 Å². The molecule has 6 nitrogen and oxygen atoms in total. The highest BCUT2D eigenvalue weighted by molar-refractivity contribution is 5.77. The summed E-state index contributed by atoms with van der Waals surface area (Å²) in [5.74, 6) is -0.809. The number of carboxylic acid groups (broad SMARTS) is 1. The minimum Gasteiger partial charge on any atom is -0.480 e. The maximum atomic E-state index is 11.9. The number of aliphatic carboxylic acids is 1. The Hall–Kier alpha value is -2.37. The summed E-state index contributed by atoms with van der Waals surface area (Å²) in [7, 11) is 0. The summed E-state index contributed by atoms with van der Waals surface area (Å²) in [5.41, 5.74) is 0.228. The van der Waals surface area contributed by atoms with Gasteiger partial charge >= 0.3 is 5.97 Å². The molecule has 0 bridgehead atoms. The molecule has 19 heavy (non-hydrogen) atoms. The zero-order chi connectivity index (χ0) is 14.0. The molecular weight excluding hydrogens is 246 g/mol. The Balaban J connectivity index is 2.41. The standard InChI is InChI=1S/C13H15N3O3/c1-8(2)12(13(18)19)15-9-7-11(17)16-6-4-3-5-10(16)14-9/h3-8,12,15H,1-2H3,(H,18,19)/t12-/m1/s1. The van der Waals surface area contributed by atoms with E-state index in [4.69, 9.17) is 5.11 Å². The lowest BCUT2D eigenvalue weighted by molar-refractivity contribution is -0.138. The van der Waals surface area contributed by atoms with E-state index in [-0.39, 0.29) is 17.3 Å². The first-order valence-electron chi connectivity index (χ1n) is 5.97. The highest BCUT2D eigenvalue weighted by Gasteiger charge is 2.21. The molecule has 0 aliphatic rings. The fourth-order valence-corrected chi connectivity index (χ4v) is 1.80. The quantitative estimate of drug-likeness (QED) is 0.864. The molecule has 6 heteroatoms. The first-order chi connectivity index (χ1) is 8.99. The van der Waals surface area contributed by atoms with E-state index in [9.17, 15) is 9.59 Å². The minimum atomic E-state index is -0.968. The number of carboxylic acids is 1. The van der Waals surface area contributed by atoms with E-state index in [0.717, 1.165) is 0 Å². The molecule has 2 rings (SSSR count). The van der Waals surface area contributed by atoms with Crippen LogP contribution in [-0.2, 0) is 4.79 Å². The van der Waals surface area contributed by atoms with Crippen molar-refractivity contribution in [1.82, 2.24) is 9.38 Å². The highest BCUT2D eigenvalue weighted by Crippen LogP contribution is 2.10. The third kappa shape index (κ3) is 2.73. The summed E-state index contributed by atoms with van der Waals surface area (Å²) < 4.78 is 1.40. The van der Waals surface area contributed by atoms with Gasteiger partial charge in [0.25, 0.3) is 5.56 Å². The molecule has 2 aromatic heterocycles. The van der Waals surface area contributed by atoms with Crippen LogP contribution in [0.2, 0.25) is 0 Å². The van der Waals surface area contributed by atoms with E-state index in [1.54, 1.807) is 38.2 Å². The van der Waals surface area contributed by atoms with Gasteiger partial charge in [-0.05, 0) is 18.1 Å². The zero-order valence-corrected chi connectivity index (χ0v) is 10.7. The lowest BCUT2D eigenvalue weighted by atomic mass is 10.1. The van der Waals surface area contributed by atoms with Crippen molar-refractivity contribution >= 4 is 17.4 Å². The van der Waals surface area contributed by atoms with Crippen LogP contribution < -0.4 is 10.9 Å². The number of aromatic nitrogens is 2. The molecule has 0 saturated heterocycles. The first kappa shape index (κ1) is 13.1. The lowest BCUT2D eigenvalue weighted by Crippen LogP contribution is -2.35. The van der Waals surface area contributed by atoms with Gasteiger partial charge in [0.1, 0.15) is 17.5 Å². The van der Waals surface area contributed by atoms with Crippen molar-refractivity contribution in [2.24, 2.45) is 5.92 Å². The summed E-state index contributed by atoms with van der Waals surface area (Å²) >= 11 is 0. The molecule has 0 aromatic carbocycles. The molecule has 2 N–H and O–H groups in total. The van der Waals surface area contributed by atoms with Crippen molar-refractivity contribution in [1.29, 1.82) is 0 Å². The SMILES string of the molecule is CC(C)[C@@H](Nc1cc(=O)n2ccccc2n1)C(=O)O. The predicted molar refractivity (Wildman–Crippen MR) is 71.3 cm³/mol. The second kappa shape index (κ2) is 5.09. The molecule has 0 unspecified atom stereocenters. The van der Waals surface area contributed by atoms with Crippen LogP contribution in [0.5, 0.6) is 0 Å². The number of hydrogen-bond donors (Lipinski definition) is 2. The van der Waals surface area contributed by atoms with E-state index >= 15 is 0 Å². The summed E-state index contributed by atoms with van der Waals surface area (Å²) in [5, 5.41) is 11.9. The number of nitrogens with zero attached hydrogens (tertiary/aromatic N) is 2. The Morgan fingerprint density at radius 3 is 2.79 bits per heavy atom. The molecule has 0 saturated carbocycles. The number of fused-ring (bicyclic) bond motifs is 1. The number of anilines is 1. The average molecular weight is 261 g/mol. The van der Waals surface area contributed by atoms with E-state index in [1.165, 1.54) is 10.5 Å². The van der Waals surface area contributed by atoms with Gasteiger partial charge in [-0.25, -0.2) is 9.78 Å². The van der Waals surface area contributed by atoms with E-state index < -0.39 is 12.0 Å². The van der Waals surface area contributed by atoms with E-state index in [2.05, 4.69) is 10.3 Å². The summed E-state index contributed by atoms with van der Waals surface area (Å²) in [6, 6.07) is 5.71. The van der Waals surface area contributed by atoms with Crippen LogP contribution in [0, 0.1) is 5.92 Å². The van der Waals surface area contributed by atoms with Gasteiger partial charge in [0.05, 0.1) is 0 Å². The summed E-state index contributed by atoms with van der Waals surface area (Å²) in [4.78, 5) is 27.2. The van der Waals surface area contributed by atoms with Gasteiger partial charge in [-0.2, -0.15) is 0 Å². The second-order valence-electron chi connectivity index (χ2n) is 4.61. The highest BCUT2D eigenvalue weighted by atomic mass is 16.4. The number of hydrogen-bond acceptors (Lipinski definition) is 4. The molecular formula is C13H15N3O3. The number of rotatable bonds is 4. The second-order valence-corrected chi connectivity index (χ2v) is 4.61. The van der Waals surface area contributed by atoms with Crippen LogP contribution >= 0.6 is 0 Å². The van der Waals surface area contributed by atoms with Crippen LogP contribution in [0.1, 0.15) is 13.8 Å².